The third-order valence-corrected chi connectivity index (χ3v) is 5.58. The number of nitrogens with one attached hydrogen (secondary N) is 1. The number of rotatable bonds is 10. The van der Waals surface area contributed by atoms with E-state index in [0.717, 1.165) is 29.2 Å². The second-order valence-electron chi connectivity index (χ2n) is 8.16. The van der Waals surface area contributed by atoms with Gasteiger partial charge in [0.15, 0.2) is 0 Å². The molecule has 2 aromatic carbocycles. The van der Waals surface area contributed by atoms with Crippen molar-refractivity contribution in [2.24, 2.45) is 0 Å². The maximum Gasteiger partial charge on any atom is 0.416 e. The van der Waals surface area contributed by atoms with Gasteiger partial charge in [0.05, 0.1) is 16.9 Å². The van der Waals surface area contributed by atoms with Crippen molar-refractivity contribution in [3.8, 4) is 11.3 Å². The number of carboxylic acids is 1. The number of halogens is 4. The van der Waals surface area contributed by atoms with E-state index in [-0.39, 0.29) is 30.9 Å². The number of aromatic nitrogens is 2. The summed E-state index contributed by atoms with van der Waals surface area (Å²) in [4.78, 5) is 33.9. The molecule has 3 aromatic rings. The molecule has 0 saturated carbocycles. The molecule has 1 unspecified atom stereocenters. The molecule has 0 saturated heterocycles. The number of nitrogens with zero attached hydrogens (tertiary/aromatic N) is 3. The molecule has 3 N–H and O–H groups in total. The number of benzene rings is 2. The lowest BCUT2D eigenvalue weighted by atomic mass is 10.1. The maximum absolute atomic E-state index is 13.2. The van der Waals surface area contributed by atoms with E-state index < -0.39 is 35.9 Å². The molecule has 0 radical (unpaired) electrons. The fourth-order valence-corrected chi connectivity index (χ4v) is 3.63. The molecule has 1 aromatic heterocycles. The van der Waals surface area contributed by atoms with E-state index >= 15 is 0 Å². The lowest BCUT2D eigenvalue weighted by Gasteiger charge is -2.22. The highest BCUT2D eigenvalue weighted by Crippen LogP contribution is 2.32. The van der Waals surface area contributed by atoms with Gasteiger partial charge in [0, 0.05) is 23.2 Å². The molecule has 12 heteroatoms. The van der Waals surface area contributed by atoms with Crippen LogP contribution in [0.3, 0.4) is 0 Å². The van der Waals surface area contributed by atoms with Crippen LogP contribution in [0.4, 0.5) is 24.8 Å². The minimum Gasteiger partial charge on any atom is -0.480 e. The van der Waals surface area contributed by atoms with Gasteiger partial charge in [-0.3, -0.25) is 14.9 Å². The molecule has 0 fully saturated rings. The Morgan fingerprint density at radius 1 is 1.14 bits per heavy atom. The summed E-state index contributed by atoms with van der Waals surface area (Å²) in [6, 6.07) is 11.5. The molecule has 8 nitrogen and oxygen atoms in total. The molecule has 37 heavy (non-hydrogen) atoms. The third-order valence-electron chi connectivity index (χ3n) is 5.35. The van der Waals surface area contributed by atoms with Crippen molar-refractivity contribution in [2.75, 3.05) is 4.90 Å². The smallest absolute Gasteiger partial charge is 0.416 e. The van der Waals surface area contributed by atoms with Gasteiger partial charge in [-0.1, -0.05) is 23.7 Å². The van der Waals surface area contributed by atoms with Crippen LogP contribution in [-0.2, 0) is 15.8 Å². The van der Waals surface area contributed by atoms with Crippen LogP contribution in [0.15, 0.2) is 60.8 Å². The lowest BCUT2D eigenvalue weighted by Crippen LogP contribution is -2.41. The zero-order valence-electron chi connectivity index (χ0n) is 19.6. The summed E-state index contributed by atoms with van der Waals surface area (Å²) in [7, 11) is 0. The Hall–Kier alpha value is -3.54. The first kappa shape index (κ1) is 28.0. The average Bonchev–Trinajstić information content (AvgIpc) is 2.84. The van der Waals surface area contributed by atoms with Gasteiger partial charge >= 0.3 is 12.1 Å². The number of hydrogen-bond acceptors (Lipinski definition) is 6. The van der Waals surface area contributed by atoms with E-state index in [9.17, 15) is 27.9 Å². The van der Waals surface area contributed by atoms with Crippen molar-refractivity contribution in [1.82, 2.24) is 15.3 Å². The molecule has 3 rings (SSSR count). The second-order valence-corrected chi connectivity index (χ2v) is 8.60. The SMILES string of the molecule is C[C@H](NC(O)CCCC(=O)N(c1ccc(C(F)(F)F)cc1)c1nccc(-c2cccc(Cl)c2)n1)C(=O)O. The number of anilines is 2. The van der Waals surface area contributed by atoms with E-state index in [1.807, 2.05) is 0 Å². The Kier molecular flexibility index (Phi) is 9.19. The van der Waals surface area contributed by atoms with Gasteiger partial charge in [-0.25, -0.2) is 14.9 Å². The second kappa shape index (κ2) is 12.1. The van der Waals surface area contributed by atoms with Crippen LogP contribution in [0.2, 0.25) is 5.02 Å². The normalized spacial score (nSPS) is 13.1. The number of amides is 1. The number of carbonyl (C=O) groups excluding carboxylic acids is 1. The number of carboxylic acid groups (broad SMARTS) is 1. The molecule has 0 aliphatic heterocycles. The minimum absolute atomic E-state index is 0.0552. The summed E-state index contributed by atoms with van der Waals surface area (Å²) < 4.78 is 39.2. The standard InChI is InChI=1S/C25H24ClF3N4O4/c1-15(23(36)37)31-21(34)6-3-7-22(35)33(19-10-8-17(9-11-19)25(27,28)29)24-30-13-12-20(32-24)16-4-2-5-18(26)14-16/h2,4-5,8-15,21,31,34H,3,6-7H2,1H3,(H,36,37)/t15-,21?/m0/s1. The molecule has 0 aliphatic rings. The van der Waals surface area contributed by atoms with Crippen molar-refractivity contribution < 1.29 is 33.0 Å². The first-order valence-corrected chi connectivity index (χ1v) is 11.6. The van der Waals surface area contributed by atoms with Crippen molar-refractivity contribution in [1.29, 1.82) is 0 Å². The number of carbonyl (C=O) groups is 2. The van der Waals surface area contributed by atoms with Gasteiger partial charge in [0.25, 0.3) is 0 Å². The maximum atomic E-state index is 13.2. The molecule has 0 aliphatic carbocycles. The Bertz CT molecular complexity index is 1240. The third kappa shape index (κ3) is 7.72. The molecule has 0 spiro atoms. The van der Waals surface area contributed by atoms with E-state index in [2.05, 4.69) is 15.3 Å². The first-order chi connectivity index (χ1) is 17.5. The summed E-state index contributed by atoms with van der Waals surface area (Å²) in [5, 5.41) is 21.9. The predicted octanol–water partition coefficient (Wildman–Crippen LogP) is 5.03. The van der Waals surface area contributed by atoms with Crippen molar-refractivity contribution in [3.63, 3.8) is 0 Å². The van der Waals surface area contributed by atoms with Crippen LogP contribution in [0.25, 0.3) is 11.3 Å². The van der Waals surface area contributed by atoms with Crippen molar-refractivity contribution in [2.45, 2.75) is 44.6 Å². The van der Waals surface area contributed by atoms with Gasteiger partial charge < -0.3 is 10.2 Å². The van der Waals surface area contributed by atoms with E-state index in [4.69, 9.17) is 16.7 Å². The summed E-state index contributed by atoms with van der Waals surface area (Å²) in [6.45, 7) is 1.37. The van der Waals surface area contributed by atoms with Crippen LogP contribution in [0.1, 0.15) is 31.7 Å². The summed E-state index contributed by atoms with van der Waals surface area (Å²) in [6.07, 6.45) is -4.19. The van der Waals surface area contributed by atoms with Crippen LogP contribution in [-0.4, -0.2) is 44.3 Å². The monoisotopic (exact) mass is 536 g/mol. The highest BCUT2D eigenvalue weighted by Gasteiger charge is 2.31. The van der Waals surface area contributed by atoms with E-state index in [1.54, 1.807) is 30.3 Å². The average molecular weight is 537 g/mol. The van der Waals surface area contributed by atoms with Gasteiger partial charge in [-0.05, 0) is 62.2 Å². The quantitative estimate of drug-likeness (QED) is 0.311. The fraction of sp³-hybridized carbons (Fsp3) is 0.280. The zero-order chi connectivity index (χ0) is 27.2. The minimum atomic E-state index is -4.55. The Balaban J connectivity index is 1.87. The zero-order valence-corrected chi connectivity index (χ0v) is 20.4. The Morgan fingerprint density at radius 2 is 1.84 bits per heavy atom. The molecular formula is C25H24ClF3N4O4. The van der Waals surface area contributed by atoms with E-state index in [0.29, 0.717) is 16.3 Å². The number of aliphatic carboxylic acids is 1. The molecule has 1 amide bonds. The highest BCUT2D eigenvalue weighted by molar-refractivity contribution is 6.30. The van der Waals surface area contributed by atoms with Gasteiger partial charge in [0.1, 0.15) is 12.3 Å². The van der Waals surface area contributed by atoms with Crippen LogP contribution in [0.5, 0.6) is 0 Å². The number of aliphatic hydroxyl groups is 1. The first-order valence-electron chi connectivity index (χ1n) is 11.2. The molecule has 0 bridgehead atoms. The van der Waals surface area contributed by atoms with Crippen molar-refractivity contribution >= 4 is 35.1 Å². The predicted molar refractivity (Wildman–Crippen MR) is 131 cm³/mol. The number of aliphatic hydroxyl groups excluding tert-OH is 1. The van der Waals surface area contributed by atoms with Gasteiger partial charge in [0.2, 0.25) is 11.9 Å². The highest BCUT2D eigenvalue weighted by atomic mass is 35.5. The van der Waals surface area contributed by atoms with Gasteiger partial charge in [-0.15, -0.1) is 0 Å². The molecule has 196 valence electrons. The van der Waals surface area contributed by atoms with E-state index in [1.165, 1.54) is 13.1 Å². The number of alkyl halides is 3. The summed E-state index contributed by atoms with van der Waals surface area (Å²) in [5.41, 5.74) is 0.343. The Morgan fingerprint density at radius 3 is 2.46 bits per heavy atom. The molecular weight excluding hydrogens is 513 g/mol. The summed E-state index contributed by atoms with van der Waals surface area (Å²) in [5.74, 6) is -1.72. The topological polar surface area (TPSA) is 116 Å². The van der Waals surface area contributed by atoms with Crippen molar-refractivity contribution in [3.05, 3.63) is 71.4 Å². The van der Waals surface area contributed by atoms with Crippen LogP contribution < -0.4 is 10.2 Å². The molecule has 2 atom stereocenters. The van der Waals surface area contributed by atoms with Gasteiger partial charge in [-0.2, -0.15) is 13.2 Å². The molecule has 1 heterocycles. The Labute approximate surface area is 215 Å². The fourth-order valence-electron chi connectivity index (χ4n) is 3.44. The summed E-state index contributed by atoms with van der Waals surface area (Å²) >= 11 is 6.07. The van der Waals surface area contributed by atoms with Crippen LogP contribution in [0, 0.1) is 0 Å². The largest absolute Gasteiger partial charge is 0.480 e. The number of hydrogen-bond donors (Lipinski definition) is 3. The van der Waals surface area contributed by atoms with Crippen LogP contribution >= 0.6 is 11.6 Å². The lowest BCUT2D eigenvalue weighted by molar-refractivity contribution is -0.140.